The van der Waals surface area contributed by atoms with Crippen LogP contribution in [0.25, 0.3) is 0 Å². The molecular formula is C25H31F3N4O7. The number of carbonyl (C=O) groups is 6. The molecule has 0 aromatic heterocycles. The van der Waals surface area contributed by atoms with Gasteiger partial charge in [0.15, 0.2) is 0 Å². The summed E-state index contributed by atoms with van der Waals surface area (Å²) in [5, 5.41) is 15.7. The van der Waals surface area contributed by atoms with Crippen molar-refractivity contribution in [1.29, 1.82) is 0 Å². The average molecular weight is 557 g/mol. The van der Waals surface area contributed by atoms with Crippen LogP contribution in [0.5, 0.6) is 0 Å². The van der Waals surface area contributed by atoms with Crippen LogP contribution in [0.2, 0.25) is 0 Å². The molecule has 1 aliphatic heterocycles. The van der Waals surface area contributed by atoms with Crippen LogP contribution in [0, 0.1) is 5.92 Å². The summed E-state index contributed by atoms with van der Waals surface area (Å²) in [6.07, 6.45) is -4.80. The Balaban J connectivity index is 2.01. The molecule has 1 saturated heterocycles. The summed E-state index contributed by atoms with van der Waals surface area (Å²) in [7, 11) is 0. The number of alkyl halides is 3. The second-order valence-electron chi connectivity index (χ2n) is 9.45. The molecule has 0 saturated carbocycles. The van der Waals surface area contributed by atoms with Crippen molar-refractivity contribution in [2.45, 2.75) is 64.3 Å². The van der Waals surface area contributed by atoms with E-state index in [0.29, 0.717) is 6.42 Å². The van der Waals surface area contributed by atoms with Crippen LogP contribution in [0.15, 0.2) is 24.3 Å². The molecule has 0 aliphatic carbocycles. The average Bonchev–Trinajstić information content (AvgIpc) is 3.35. The van der Waals surface area contributed by atoms with Gasteiger partial charge in [0, 0.05) is 24.2 Å². The van der Waals surface area contributed by atoms with Crippen molar-refractivity contribution < 1.29 is 47.0 Å². The first-order valence-electron chi connectivity index (χ1n) is 12.3. The molecule has 4 amide bonds. The highest BCUT2D eigenvalue weighted by Gasteiger charge is 2.46. The zero-order chi connectivity index (χ0) is 29.5. The molecule has 14 heteroatoms. The second kappa shape index (κ2) is 13.2. The molecule has 1 aromatic rings. The number of carboxylic acids is 1. The number of amides is 4. The maximum atomic E-state index is 13.0. The zero-order valence-electron chi connectivity index (χ0n) is 21.6. The Kier molecular flexibility index (Phi) is 10.6. The number of hydrogen-bond donors (Lipinski definition) is 4. The topological polar surface area (TPSA) is 162 Å². The molecule has 0 spiro atoms. The third kappa shape index (κ3) is 8.52. The molecular weight excluding hydrogens is 525 g/mol. The van der Waals surface area contributed by atoms with Crippen molar-refractivity contribution in [2.75, 3.05) is 13.1 Å². The van der Waals surface area contributed by atoms with E-state index in [9.17, 15) is 41.9 Å². The minimum atomic E-state index is -5.13. The van der Waals surface area contributed by atoms with Crippen molar-refractivity contribution >= 4 is 35.4 Å². The predicted molar refractivity (Wildman–Crippen MR) is 131 cm³/mol. The number of carboxylic acid groups (broad SMARTS) is 1. The Bertz CT molecular complexity index is 1110. The fraction of sp³-hybridized carbons (Fsp3) is 0.520. The first kappa shape index (κ1) is 31.2. The van der Waals surface area contributed by atoms with Gasteiger partial charge in [0.1, 0.15) is 12.1 Å². The van der Waals surface area contributed by atoms with Gasteiger partial charge in [0.05, 0.1) is 12.5 Å². The molecule has 11 nitrogen and oxygen atoms in total. The molecule has 0 bridgehead atoms. The molecule has 1 aliphatic rings. The number of nitrogens with zero attached hydrogens (tertiary/aromatic N) is 1. The number of nitrogens with one attached hydrogen (secondary N) is 3. The quantitative estimate of drug-likeness (QED) is 0.319. The van der Waals surface area contributed by atoms with E-state index in [-0.39, 0.29) is 37.1 Å². The molecule has 0 radical (unpaired) electrons. The summed E-state index contributed by atoms with van der Waals surface area (Å²) in [4.78, 5) is 73.9. The van der Waals surface area contributed by atoms with Gasteiger partial charge >= 0.3 is 12.1 Å². The van der Waals surface area contributed by atoms with E-state index < -0.39 is 65.6 Å². The van der Waals surface area contributed by atoms with Crippen LogP contribution >= 0.6 is 0 Å². The van der Waals surface area contributed by atoms with Crippen LogP contribution < -0.4 is 16.0 Å². The number of likely N-dealkylation sites (tertiary alicyclic amines) is 1. The predicted octanol–water partition coefficient (Wildman–Crippen LogP) is 1.27. The molecule has 1 aromatic carbocycles. The number of carbonyl (C=O) groups excluding carboxylic acids is 5. The van der Waals surface area contributed by atoms with E-state index in [1.165, 1.54) is 49.9 Å². The molecule has 2 rings (SSSR count). The Morgan fingerprint density at radius 3 is 2.05 bits per heavy atom. The highest BCUT2D eigenvalue weighted by atomic mass is 19.4. The van der Waals surface area contributed by atoms with Crippen LogP contribution in [0.1, 0.15) is 60.7 Å². The Morgan fingerprint density at radius 1 is 0.974 bits per heavy atom. The third-order valence-corrected chi connectivity index (χ3v) is 6.12. The van der Waals surface area contributed by atoms with Crippen LogP contribution in [0.3, 0.4) is 0 Å². The van der Waals surface area contributed by atoms with E-state index >= 15 is 0 Å². The number of benzene rings is 1. The Morgan fingerprint density at radius 2 is 1.54 bits per heavy atom. The van der Waals surface area contributed by atoms with E-state index in [2.05, 4.69) is 16.0 Å². The van der Waals surface area contributed by atoms with Crippen molar-refractivity contribution in [3.63, 3.8) is 0 Å². The lowest BCUT2D eigenvalue weighted by Crippen LogP contribution is -2.56. The Hall–Kier alpha value is -3.97. The number of hydrogen-bond acceptors (Lipinski definition) is 6. The lowest BCUT2D eigenvalue weighted by Gasteiger charge is -2.29. The van der Waals surface area contributed by atoms with Gasteiger partial charge in [-0.05, 0) is 49.9 Å². The van der Waals surface area contributed by atoms with Gasteiger partial charge in [0.2, 0.25) is 11.8 Å². The molecule has 3 atom stereocenters. The molecule has 1 heterocycles. The van der Waals surface area contributed by atoms with Crippen molar-refractivity contribution in [1.82, 2.24) is 20.9 Å². The van der Waals surface area contributed by atoms with Gasteiger partial charge in [-0.2, -0.15) is 13.2 Å². The molecule has 1 fully saturated rings. The lowest BCUT2D eigenvalue weighted by molar-refractivity contribution is -0.175. The van der Waals surface area contributed by atoms with E-state index in [4.69, 9.17) is 5.11 Å². The van der Waals surface area contributed by atoms with Crippen molar-refractivity contribution in [2.24, 2.45) is 5.92 Å². The van der Waals surface area contributed by atoms with Crippen LogP contribution in [0.4, 0.5) is 13.2 Å². The summed E-state index contributed by atoms with van der Waals surface area (Å²) in [6.45, 7) is 4.19. The number of halogens is 3. The fourth-order valence-electron chi connectivity index (χ4n) is 4.01. The van der Waals surface area contributed by atoms with Gasteiger partial charge in [-0.3, -0.25) is 28.8 Å². The number of ketones is 1. The Labute approximate surface area is 222 Å². The summed E-state index contributed by atoms with van der Waals surface area (Å²) in [5.41, 5.74) is 0.314. The van der Waals surface area contributed by atoms with Crippen molar-refractivity contribution in [3.8, 4) is 0 Å². The SMILES string of the molecule is CC(NC(=O)c1ccc(C(=O)NCCC(=O)O)cc1)C(=O)N1CCC[C@H]1C(=O)NC(C(=O)C(F)(F)F)C(C)C. The van der Waals surface area contributed by atoms with E-state index in [1.54, 1.807) is 0 Å². The van der Waals surface area contributed by atoms with Crippen LogP contribution in [-0.2, 0) is 19.2 Å². The molecule has 214 valence electrons. The van der Waals surface area contributed by atoms with Gasteiger partial charge in [-0.1, -0.05) is 13.8 Å². The second-order valence-corrected chi connectivity index (χ2v) is 9.45. The lowest BCUT2D eigenvalue weighted by atomic mass is 9.98. The summed E-state index contributed by atoms with van der Waals surface area (Å²) in [5.74, 6) is -6.67. The number of Topliss-reactive ketones (excluding diaryl/α,β-unsaturated/α-hetero) is 1. The van der Waals surface area contributed by atoms with Gasteiger partial charge in [0.25, 0.3) is 17.6 Å². The number of rotatable bonds is 11. The highest BCUT2D eigenvalue weighted by Crippen LogP contribution is 2.23. The zero-order valence-corrected chi connectivity index (χ0v) is 21.6. The number of aliphatic carboxylic acids is 1. The highest BCUT2D eigenvalue weighted by molar-refractivity contribution is 6.00. The van der Waals surface area contributed by atoms with Gasteiger partial charge in [-0.15, -0.1) is 0 Å². The largest absolute Gasteiger partial charge is 0.481 e. The van der Waals surface area contributed by atoms with Crippen molar-refractivity contribution in [3.05, 3.63) is 35.4 Å². The monoisotopic (exact) mass is 556 g/mol. The molecule has 4 N–H and O–H groups in total. The van der Waals surface area contributed by atoms with Gasteiger partial charge < -0.3 is 26.0 Å². The molecule has 39 heavy (non-hydrogen) atoms. The summed E-state index contributed by atoms with van der Waals surface area (Å²) >= 11 is 0. The van der Waals surface area contributed by atoms with Crippen LogP contribution in [-0.4, -0.2) is 82.8 Å². The summed E-state index contributed by atoms with van der Waals surface area (Å²) in [6, 6.07) is 1.40. The third-order valence-electron chi connectivity index (χ3n) is 6.12. The first-order chi connectivity index (χ1) is 18.1. The maximum absolute atomic E-state index is 13.0. The standard InChI is InChI=1S/C25H31F3N4O7/c1-13(2)19(20(35)25(26,27)28)31-23(38)17-5-4-12-32(17)24(39)14(3)30-22(37)16-8-6-15(7-9-16)21(36)29-11-10-18(33)34/h6-9,13-14,17,19H,4-5,10-12H2,1-3H3,(H,29,36)(H,30,37)(H,31,38)(H,33,34)/t14?,17-,19?/m0/s1. The summed E-state index contributed by atoms with van der Waals surface area (Å²) < 4.78 is 38.9. The smallest absolute Gasteiger partial charge is 0.452 e. The maximum Gasteiger partial charge on any atom is 0.452 e. The van der Waals surface area contributed by atoms with Gasteiger partial charge in [-0.25, -0.2) is 0 Å². The van der Waals surface area contributed by atoms with E-state index in [0.717, 1.165) is 0 Å². The first-order valence-corrected chi connectivity index (χ1v) is 12.3. The molecule has 2 unspecified atom stereocenters. The minimum Gasteiger partial charge on any atom is -0.481 e. The van der Waals surface area contributed by atoms with E-state index in [1.807, 2.05) is 0 Å². The minimum absolute atomic E-state index is 0.0672. The fourth-order valence-corrected chi connectivity index (χ4v) is 4.01. The normalized spacial score (nSPS) is 16.8.